The van der Waals surface area contributed by atoms with E-state index in [4.69, 9.17) is 0 Å². The fraction of sp³-hybridized carbons (Fsp3) is 1.00. The summed E-state index contributed by atoms with van der Waals surface area (Å²) in [5.41, 5.74) is 0. The Hall–Kier alpha value is 0.324. The molecule has 62 valence electrons. The molecule has 0 aliphatic heterocycles. The van der Waals surface area contributed by atoms with E-state index in [9.17, 15) is 4.48 Å². The smallest absolute Gasteiger partial charge is 0.147 e. The molecule has 0 radical (unpaired) electrons. The Morgan fingerprint density at radius 1 is 0.800 bits per heavy atom. The molecule has 0 atom stereocenters. The van der Waals surface area contributed by atoms with Crippen molar-refractivity contribution >= 4 is 16.5 Å². The van der Waals surface area contributed by atoms with Gasteiger partial charge in [0.15, 0.2) is 0 Å². The van der Waals surface area contributed by atoms with Gasteiger partial charge >= 0.3 is 0 Å². The van der Waals surface area contributed by atoms with E-state index in [2.05, 4.69) is 0 Å². The van der Waals surface area contributed by atoms with Crippen LogP contribution in [0.3, 0.4) is 0 Å². The number of rotatable bonds is 2. The lowest BCUT2D eigenvalue weighted by Crippen LogP contribution is -2.53. The van der Waals surface area contributed by atoms with Crippen LogP contribution in [-0.4, -0.2) is 20.9 Å². The van der Waals surface area contributed by atoms with Gasteiger partial charge in [0.25, 0.3) is 0 Å². The van der Waals surface area contributed by atoms with Crippen molar-refractivity contribution in [3.8, 4) is 0 Å². The molecule has 0 aliphatic rings. The van der Waals surface area contributed by atoms with Gasteiger partial charge in [0, 0.05) is 0 Å². The zero-order valence-electron chi connectivity index (χ0n) is 7.83. The summed E-state index contributed by atoms with van der Waals surface area (Å²) in [6.45, 7) is 12.2. The Morgan fingerprint density at radius 2 is 1.00 bits per heavy atom. The van der Waals surface area contributed by atoms with Crippen molar-refractivity contribution in [1.29, 1.82) is 0 Å². The van der Waals surface area contributed by atoms with Crippen molar-refractivity contribution < 1.29 is 4.48 Å². The molecule has 10 heavy (non-hydrogen) atoms. The lowest BCUT2D eigenvalue weighted by molar-refractivity contribution is 0.233. The maximum absolute atomic E-state index is 13.4. The first-order valence-corrected chi connectivity index (χ1v) is 10.5. The Bertz CT molecular complexity index is 99.9. The third kappa shape index (κ3) is 2.94. The van der Waals surface area contributed by atoms with Crippen LogP contribution in [0.4, 0.5) is 4.48 Å². The van der Waals surface area contributed by atoms with Crippen LogP contribution < -0.4 is 0 Å². The van der Waals surface area contributed by atoms with Crippen molar-refractivity contribution in [2.75, 3.05) is 0 Å². The molecule has 0 aromatic carbocycles. The third-order valence-corrected chi connectivity index (χ3v) is 7.56. The molecular weight excluding hydrogens is 161 g/mol. The summed E-state index contributed by atoms with van der Waals surface area (Å²) in [5, 5.41) is 0. The van der Waals surface area contributed by atoms with E-state index in [1.807, 2.05) is 39.3 Å². The first kappa shape index (κ1) is 10.3. The summed E-state index contributed by atoms with van der Waals surface area (Å²) >= 11 is 0. The molecule has 0 saturated carbocycles. The first-order valence-electron chi connectivity index (χ1n) is 3.62. The quantitative estimate of drug-likeness (QED) is 0.465. The molecule has 0 aliphatic carbocycles. The lowest BCUT2D eigenvalue weighted by atomic mass is 11.8. The average molecular weight is 179 g/mol. The highest BCUT2D eigenvalue weighted by Gasteiger charge is 2.34. The highest BCUT2D eigenvalue weighted by molar-refractivity contribution is 6.88. The molecule has 1 nitrogen and oxygen atoms in total. The standard InChI is InChI=1S/C6H18FNSi2/c1-9(2,3)8(7)10(4,5)6/h1-6H3. The van der Waals surface area contributed by atoms with Crippen LogP contribution in [0.1, 0.15) is 0 Å². The molecule has 0 saturated heterocycles. The molecule has 0 aromatic heterocycles. The minimum atomic E-state index is -1.67. The number of hydrogen-bond donors (Lipinski definition) is 0. The molecular formula is C6H18FNSi2. The van der Waals surface area contributed by atoms with Gasteiger partial charge in [-0.25, -0.2) is 0 Å². The number of nitrogens with zero attached hydrogens (tertiary/aromatic N) is 1. The van der Waals surface area contributed by atoms with Crippen molar-refractivity contribution in [2.45, 2.75) is 39.3 Å². The van der Waals surface area contributed by atoms with E-state index in [1.165, 1.54) is 0 Å². The average Bonchev–Trinajstić information content (AvgIpc) is 1.59. The third-order valence-electron chi connectivity index (χ3n) is 1.18. The number of hydrogen-bond acceptors (Lipinski definition) is 1. The first-order chi connectivity index (χ1) is 4.15. The van der Waals surface area contributed by atoms with Gasteiger partial charge in [-0.3, -0.25) is 0 Å². The van der Waals surface area contributed by atoms with E-state index in [0.717, 1.165) is 4.45 Å². The van der Waals surface area contributed by atoms with Crippen molar-refractivity contribution in [3.05, 3.63) is 0 Å². The molecule has 0 N–H and O–H groups in total. The predicted octanol–water partition coefficient (Wildman–Crippen LogP) is 2.84. The van der Waals surface area contributed by atoms with Gasteiger partial charge in [0.05, 0.1) is 0 Å². The molecule has 0 fully saturated rings. The van der Waals surface area contributed by atoms with Crippen molar-refractivity contribution in [3.63, 3.8) is 0 Å². The van der Waals surface area contributed by atoms with Crippen LogP contribution in [0.15, 0.2) is 0 Å². The Labute approximate surface area is 65.3 Å². The van der Waals surface area contributed by atoms with Crippen molar-refractivity contribution in [2.24, 2.45) is 0 Å². The second-order valence-corrected chi connectivity index (χ2v) is 14.5. The monoisotopic (exact) mass is 179 g/mol. The maximum atomic E-state index is 13.4. The van der Waals surface area contributed by atoms with E-state index >= 15 is 0 Å². The summed E-state index contributed by atoms with van der Waals surface area (Å²) in [6, 6.07) is 0. The van der Waals surface area contributed by atoms with E-state index < -0.39 is 16.5 Å². The largest absolute Gasteiger partial charge is 0.195 e. The highest BCUT2D eigenvalue weighted by atomic mass is 28.4. The van der Waals surface area contributed by atoms with Gasteiger partial charge in [-0.05, 0) is 0 Å². The second-order valence-electron chi connectivity index (χ2n) is 4.62. The summed E-state index contributed by atoms with van der Waals surface area (Å²) in [6.07, 6.45) is 0. The van der Waals surface area contributed by atoms with Gasteiger partial charge in [-0.1, -0.05) is 39.3 Å². The van der Waals surface area contributed by atoms with Crippen molar-refractivity contribution in [1.82, 2.24) is 4.45 Å². The highest BCUT2D eigenvalue weighted by Crippen LogP contribution is 2.19. The SMILES string of the molecule is C[Si](C)(C)N(F)[Si](C)(C)C. The fourth-order valence-corrected chi connectivity index (χ4v) is 9.06. The minimum Gasteiger partial charge on any atom is -0.195 e. The van der Waals surface area contributed by atoms with Crippen LogP contribution in [0.25, 0.3) is 0 Å². The number of halogens is 1. The maximum Gasteiger partial charge on any atom is 0.147 e. The summed E-state index contributed by atoms with van der Waals surface area (Å²) in [5.74, 6) is 0. The predicted molar refractivity (Wildman–Crippen MR) is 49.6 cm³/mol. The molecule has 0 rings (SSSR count). The normalized spacial score (nSPS) is 14.4. The van der Waals surface area contributed by atoms with Gasteiger partial charge < -0.3 is 0 Å². The summed E-state index contributed by atoms with van der Waals surface area (Å²) in [4.78, 5) is 0. The van der Waals surface area contributed by atoms with Crippen LogP contribution in [0.2, 0.25) is 39.3 Å². The molecule has 0 bridgehead atoms. The molecule has 0 unspecified atom stereocenters. The molecule has 4 heteroatoms. The van der Waals surface area contributed by atoms with Crippen LogP contribution in [-0.2, 0) is 0 Å². The van der Waals surface area contributed by atoms with E-state index in [-0.39, 0.29) is 0 Å². The Morgan fingerprint density at radius 3 is 1.00 bits per heavy atom. The van der Waals surface area contributed by atoms with E-state index in [0.29, 0.717) is 0 Å². The minimum absolute atomic E-state index is 1.15. The molecule has 0 heterocycles. The molecule has 0 spiro atoms. The fourth-order valence-electron chi connectivity index (χ4n) is 1.01. The summed E-state index contributed by atoms with van der Waals surface area (Å²) < 4.78 is 14.5. The van der Waals surface area contributed by atoms with Crippen LogP contribution in [0, 0.1) is 0 Å². The van der Waals surface area contributed by atoms with Gasteiger partial charge in [0.1, 0.15) is 16.5 Å². The second kappa shape index (κ2) is 2.75. The Kier molecular flexibility index (Phi) is 2.84. The van der Waals surface area contributed by atoms with Crippen LogP contribution >= 0.6 is 0 Å². The summed E-state index contributed by atoms with van der Waals surface area (Å²) in [7, 11) is -3.34. The van der Waals surface area contributed by atoms with Gasteiger partial charge in [0.2, 0.25) is 0 Å². The zero-order valence-corrected chi connectivity index (χ0v) is 9.83. The molecule has 0 aromatic rings. The van der Waals surface area contributed by atoms with Gasteiger partial charge in [-0.2, -0.15) is 8.93 Å². The van der Waals surface area contributed by atoms with Gasteiger partial charge in [-0.15, -0.1) is 0 Å². The molecule has 0 amide bonds. The lowest BCUT2D eigenvalue weighted by Gasteiger charge is -2.34. The van der Waals surface area contributed by atoms with Crippen LogP contribution in [0.5, 0.6) is 0 Å². The zero-order chi connectivity index (χ0) is 8.58. The Balaban J connectivity index is 4.23. The topological polar surface area (TPSA) is 3.24 Å². The van der Waals surface area contributed by atoms with E-state index in [1.54, 1.807) is 0 Å².